The van der Waals surface area contributed by atoms with Gasteiger partial charge in [-0.2, -0.15) is 5.10 Å². The first-order chi connectivity index (χ1) is 16.1. The normalized spacial score (nSPS) is 12.1. The number of methoxy groups -OCH3 is 1. The van der Waals surface area contributed by atoms with Gasteiger partial charge in [0.2, 0.25) is 0 Å². The third kappa shape index (κ3) is 4.14. The predicted molar refractivity (Wildman–Crippen MR) is 128 cm³/mol. The number of carbonyl (C=O) groups is 1. The molecular formula is C26H23N5O2. The van der Waals surface area contributed by atoms with Gasteiger partial charge >= 0.3 is 0 Å². The molecule has 7 nitrogen and oxygen atoms in total. The van der Waals surface area contributed by atoms with Gasteiger partial charge in [0.1, 0.15) is 0 Å². The lowest BCUT2D eigenvalue weighted by Crippen LogP contribution is -2.22. The summed E-state index contributed by atoms with van der Waals surface area (Å²) < 4.78 is 9.27. The molecule has 0 saturated carbocycles. The Morgan fingerprint density at radius 3 is 2.48 bits per heavy atom. The number of fused-ring (bicyclic) bond motifs is 1. The van der Waals surface area contributed by atoms with Gasteiger partial charge in [-0.05, 0) is 23.8 Å². The summed E-state index contributed by atoms with van der Waals surface area (Å²) in [5, 5.41) is 7.20. The number of benzene rings is 2. The van der Waals surface area contributed by atoms with E-state index < -0.39 is 6.10 Å². The summed E-state index contributed by atoms with van der Waals surface area (Å²) in [5.41, 5.74) is 6.45. The van der Waals surface area contributed by atoms with Crippen LogP contribution < -0.4 is 5.32 Å². The molecule has 5 aromatic rings. The van der Waals surface area contributed by atoms with E-state index >= 15 is 0 Å². The van der Waals surface area contributed by atoms with Crippen molar-refractivity contribution in [3.8, 4) is 22.4 Å². The standard InChI is InChI=1S/C26H23N5O2/c1-30-16-21(15-28-30)20-14-23-24(27-12-13-31(23)17-20)18-8-10-22(11-9-18)29-26(32)25(33-2)19-6-4-3-5-7-19/h3-17,25H,1-2H3,(H,29,32). The van der Waals surface area contributed by atoms with Crippen LogP contribution in [0.25, 0.3) is 27.9 Å². The van der Waals surface area contributed by atoms with Gasteiger partial charge in [0, 0.05) is 61.3 Å². The molecule has 3 heterocycles. The number of nitrogens with one attached hydrogen (secondary N) is 1. The molecule has 0 spiro atoms. The molecule has 1 amide bonds. The lowest BCUT2D eigenvalue weighted by molar-refractivity contribution is -0.126. The number of anilines is 1. The van der Waals surface area contributed by atoms with Crippen molar-refractivity contribution in [1.82, 2.24) is 19.2 Å². The maximum absolute atomic E-state index is 12.8. The molecule has 2 aromatic carbocycles. The number of hydrogen-bond acceptors (Lipinski definition) is 4. The highest BCUT2D eigenvalue weighted by atomic mass is 16.5. The maximum Gasteiger partial charge on any atom is 0.258 e. The molecule has 7 heteroatoms. The van der Waals surface area contributed by atoms with E-state index in [1.54, 1.807) is 10.9 Å². The number of aryl methyl sites for hydroxylation is 1. The largest absolute Gasteiger partial charge is 0.367 e. The summed E-state index contributed by atoms with van der Waals surface area (Å²) in [7, 11) is 3.44. The Morgan fingerprint density at radius 2 is 1.79 bits per heavy atom. The zero-order chi connectivity index (χ0) is 22.8. The average Bonchev–Trinajstić information content (AvgIpc) is 3.47. The van der Waals surface area contributed by atoms with Gasteiger partial charge in [-0.15, -0.1) is 0 Å². The lowest BCUT2D eigenvalue weighted by atomic mass is 10.1. The Hall–Kier alpha value is -4.23. The molecule has 164 valence electrons. The fourth-order valence-electron chi connectivity index (χ4n) is 3.93. The summed E-state index contributed by atoms with van der Waals surface area (Å²) in [6.07, 6.45) is 8.95. The summed E-state index contributed by atoms with van der Waals surface area (Å²) >= 11 is 0. The van der Waals surface area contributed by atoms with Crippen LogP contribution in [0.4, 0.5) is 5.69 Å². The van der Waals surface area contributed by atoms with E-state index in [0.717, 1.165) is 33.5 Å². The minimum absolute atomic E-state index is 0.218. The molecule has 1 unspecified atom stereocenters. The number of carbonyl (C=O) groups excluding carboxylic acids is 1. The van der Waals surface area contributed by atoms with E-state index in [1.165, 1.54) is 7.11 Å². The summed E-state index contributed by atoms with van der Waals surface area (Å²) in [5.74, 6) is -0.218. The zero-order valence-electron chi connectivity index (χ0n) is 18.3. The number of hydrogen-bond donors (Lipinski definition) is 1. The highest BCUT2D eigenvalue weighted by molar-refractivity contribution is 5.95. The minimum Gasteiger partial charge on any atom is -0.367 e. The number of nitrogens with zero attached hydrogens (tertiary/aromatic N) is 4. The van der Waals surface area contributed by atoms with Crippen molar-refractivity contribution >= 4 is 17.1 Å². The van der Waals surface area contributed by atoms with E-state index in [2.05, 4.69) is 32.1 Å². The van der Waals surface area contributed by atoms with Crippen molar-refractivity contribution < 1.29 is 9.53 Å². The van der Waals surface area contributed by atoms with Gasteiger partial charge in [-0.3, -0.25) is 14.5 Å². The SMILES string of the molecule is COC(C(=O)Nc1ccc(-c2nccn3cc(-c4cnn(C)c4)cc23)cc1)c1ccccc1. The van der Waals surface area contributed by atoms with Gasteiger partial charge in [0.15, 0.2) is 6.10 Å². The Labute approximate surface area is 191 Å². The quantitative estimate of drug-likeness (QED) is 0.417. The summed E-state index contributed by atoms with van der Waals surface area (Å²) in [4.78, 5) is 17.4. The minimum atomic E-state index is -0.673. The van der Waals surface area contributed by atoms with Crippen molar-refractivity contribution in [3.63, 3.8) is 0 Å². The molecule has 0 radical (unpaired) electrons. The highest BCUT2D eigenvalue weighted by Crippen LogP contribution is 2.29. The molecule has 0 aliphatic heterocycles. The van der Waals surface area contributed by atoms with Crippen LogP contribution in [0, 0.1) is 0 Å². The van der Waals surface area contributed by atoms with Crippen molar-refractivity contribution in [2.24, 2.45) is 7.05 Å². The molecule has 1 atom stereocenters. The third-order valence-corrected chi connectivity index (χ3v) is 5.56. The molecule has 1 N–H and O–H groups in total. The van der Waals surface area contributed by atoms with Gasteiger partial charge < -0.3 is 14.5 Å². The average molecular weight is 438 g/mol. The van der Waals surface area contributed by atoms with Crippen LogP contribution in [-0.2, 0) is 16.6 Å². The van der Waals surface area contributed by atoms with Gasteiger partial charge in [-0.1, -0.05) is 42.5 Å². The van der Waals surface area contributed by atoms with Crippen molar-refractivity contribution in [2.75, 3.05) is 12.4 Å². The van der Waals surface area contributed by atoms with Crippen LogP contribution in [0.5, 0.6) is 0 Å². The topological polar surface area (TPSA) is 73.4 Å². The number of amides is 1. The van der Waals surface area contributed by atoms with Gasteiger partial charge in [-0.25, -0.2) is 0 Å². The molecule has 0 aliphatic carbocycles. The Balaban J connectivity index is 1.39. The monoisotopic (exact) mass is 437 g/mol. The summed E-state index contributed by atoms with van der Waals surface area (Å²) in [6.45, 7) is 0. The van der Waals surface area contributed by atoms with Crippen molar-refractivity contribution in [2.45, 2.75) is 6.10 Å². The van der Waals surface area contributed by atoms with E-state index in [1.807, 2.05) is 80.2 Å². The van der Waals surface area contributed by atoms with Crippen LogP contribution in [0.2, 0.25) is 0 Å². The number of ether oxygens (including phenoxy) is 1. The first kappa shape index (κ1) is 20.7. The molecule has 0 fully saturated rings. The van der Waals surface area contributed by atoms with Gasteiger partial charge in [0.05, 0.1) is 17.4 Å². The van der Waals surface area contributed by atoms with Crippen LogP contribution in [0.3, 0.4) is 0 Å². The second-order valence-electron chi connectivity index (χ2n) is 7.79. The Kier molecular flexibility index (Phi) is 5.46. The smallest absolute Gasteiger partial charge is 0.258 e. The lowest BCUT2D eigenvalue weighted by Gasteiger charge is -2.16. The number of rotatable bonds is 6. The molecule has 0 bridgehead atoms. The number of aromatic nitrogens is 4. The fraction of sp³-hybridized carbons (Fsp3) is 0.115. The molecule has 0 aliphatic rings. The highest BCUT2D eigenvalue weighted by Gasteiger charge is 2.20. The van der Waals surface area contributed by atoms with Crippen LogP contribution in [0.15, 0.2) is 91.6 Å². The third-order valence-electron chi connectivity index (χ3n) is 5.56. The van der Waals surface area contributed by atoms with Crippen molar-refractivity contribution in [1.29, 1.82) is 0 Å². The van der Waals surface area contributed by atoms with E-state index in [-0.39, 0.29) is 5.91 Å². The van der Waals surface area contributed by atoms with E-state index in [9.17, 15) is 4.79 Å². The molecular weight excluding hydrogens is 414 g/mol. The molecule has 33 heavy (non-hydrogen) atoms. The predicted octanol–water partition coefficient (Wildman–Crippen LogP) is 4.73. The second-order valence-corrected chi connectivity index (χ2v) is 7.79. The molecule has 3 aromatic heterocycles. The summed E-state index contributed by atoms with van der Waals surface area (Å²) in [6, 6.07) is 19.2. The zero-order valence-corrected chi connectivity index (χ0v) is 18.3. The molecule has 0 saturated heterocycles. The van der Waals surface area contributed by atoms with E-state index in [0.29, 0.717) is 5.69 Å². The molecule has 5 rings (SSSR count). The van der Waals surface area contributed by atoms with Crippen LogP contribution in [0.1, 0.15) is 11.7 Å². The maximum atomic E-state index is 12.8. The van der Waals surface area contributed by atoms with Crippen LogP contribution in [-0.4, -0.2) is 32.2 Å². The van der Waals surface area contributed by atoms with E-state index in [4.69, 9.17) is 4.74 Å². The Morgan fingerprint density at radius 1 is 1.00 bits per heavy atom. The van der Waals surface area contributed by atoms with Crippen molar-refractivity contribution in [3.05, 3.63) is 97.2 Å². The fourth-order valence-corrected chi connectivity index (χ4v) is 3.93. The Bertz CT molecular complexity index is 1400. The first-order valence-corrected chi connectivity index (χ1v) is 10.6. The second kappa shape index (κ2) is 8.72. The first-order valence-electron chi connectivity index (χ1n) is 10.6. The van der Waals surface area contributed by atoms with Gasteiger partial charge in [0.25, 0.3) is 5.91 Å². The van der Waals surface area contributed by atoms with Crippen LogP contribution >= 0.6 is 0 Å².